The number of hydrogen-bond donors (Lipinski definition) is 0. The lowest BCUT2D eigenvalue weighted by Gasteiger charge is -2.10. The first-order valence-electron chi connectivity index (χ1n) is 3.72. The summed E-state index contributed by atoms with van der Waals surface area (Å²) in [6.45, 7) is 0. The van der Waals surface area contributed by atoms with Crippen molar-refractivity contribution in [2.75, 3.05) is 6.26 Å². The molecule has 1 rings (SSSR count). The first kappa shape index (κ1) is 11.9. The van der Waals surface area contributed by atoms with Crippen molar-refractivity contribution in [1.29, 1.82) is 0 Å². The summed E-state index contributed by atoms with van der Waals surface area (Å²) in [5.41, 5.74) is -2.02. The minimum atomic E-state index is -4.72. The zero-order chi connectivity index (χ0) is 11.8. The van der Waals surface area contributed by atoms with Gasteiger partial charge in [0.1, 0.15) is 0 Å². The Labute approximate surface area is 85.2 Å². The third-order valence-corrected chi connectivity index (χ3v) is 2.57. The first-order valence-corrected chi connectivity index (χ1v) is 5.28. The predicted octanol–water partition coefficient (Wildman–Crippen LogP) is 0.537. The van der Waals surface area contributed by atoms with Gasteiger partial charge in [0.2, 0.25) is 0 Å². The Morgan fingerprint density at radius 1 is 1.47 bits per heavy atom. The van der Waals surface area contributed by atoms with E-state index in [0.29, 0.717) is 10.7 Å². The Balaban J connectivity index is 3.56. The molecule has 0 amide bonds. The molecule has 0 spiro atoms. The number of rotatable bonds is 1. The van der Waals surface area contributed by atoms with Gasteiger partial charge in [0, 0.05) is 19.4 Å². The van der Waals surface area contributed by atoms with E-state index in [9.17, 15) is 22.2 Å². The smallest absolute Gasteiger partial charge is 0.268 e. The molecule has 0 saturated heterocycles. The fraction of sp³-hybridized carbons (Fsp3) is 0.429. The summed E-state index contributed by atoms with van der Waals surface area (Å²) < 4.78 is 48.8. The molecule has 0 radical (unpaired) electrons. The van der Waals surface area contributed by atoms with Gasteiger partial charge in [-0.3, -0.25) is 9.00 Å². The molecule has 1 atom stereocenters. The number of aromatic nitrogens is 2. The zero-order valence-electron chi connectivity index (χ0n) is 7.83. The van der Waals surface area contributed by atoms with Crippen LogP contribution in [0.25, 0.3) is 0 Å². The Morgan fingerprint density at radius 3 is 2.40 bits per heavy atom. The maximum atomic E-state index is 12.4. The number of alkyl halides is 3. The molecule has 1 aromatic rings. The average molecular weight is 240 g/mol. The van der Waals surface area contributed by atoms with E-state index in [-0.39, 0.29) is 0 Å². The minimum absolute atomic E-state index is 0.555. The number of hydrogen-bond acceptors (Lipinski definition) is 3. The first-order chi connectivity index (χ1) is 6.73. The van der Waals surface area contributed by atoms with Crippen molar-refractivity contribution < 1.29 is 17.4 Å². The number of halogens is 3. The van der Waals surface area contributed by atoms with Gasteiger partial charge in [-0.1, -0.05) is 0 Å². The van der Waals surface area contributed by atoms with Crippen LogP contribution in [0, 0.1) is 0 Å². The van der Waals surface area contributed by atoms with Gasteiger partial charge in [0.15, 0.2) is 5.69 Å². The normalized spacial score (nSPS) is 13.9. The summed E-state index contributed by atoms with van der Waals surface area (Å²) in [5.74, 6) is 0. The lowest BCUT2D eigenvalue weighted by molar-refractivity contribution is -0.144. The highest BCUT2D eigenvalue weighted by Crippen LogP contribution is 2.30. The standard InChI is InChI=1S/C7H7F3N2O2S/c1-12-5(13)3-4(15(2)14)6(11-12)7(8,9)10/h3H,1-2H3. The van der Waals surface area contributed by atoms with Crippen LogP contribution in [0.15, 0.2) is 15.8 Å². The van der Waals surface area contributed by atoms with E-state index in [1.165, 1.54) is 0 Å². The van der Waals surface area contributed by atoms with E-state index in [1.54, 1.807) is 0 Å². The van der Waals surface area contributed by atoms with E-state index in [2.05, 4.69) is 5.10 Å². The molecule has 4 nitrogen and oxygen atoms in total. The van der Waals surface area contributed by atoms with Crippen molar-refractivity contribution in [3.63, 3.8) is 0 Å². The predicted molar refractivity (Wildman–Crippen MR) is 46.8 cm³/mol. The van der Waals surface area contributed by atoms with Gasteiger partial charge >= 0.3 is 6.18 Å². The largest absolute Gasteiger partial charge is 0.436 e. The van der Waals surface area contributed by atoms with Crippen molar-refractivity contribution in [2.24, 2.45) is 7.05 Å². The number of nitrogens with zero attached hydrogens (tertiary/aromatic N) is 2. The summed E-state index contributed by atoms with van der Waals surface area (Å²) in [5, 5.41) is 3.05. The average Bonchev–Trinajstić information content (AvgIpc) is 2.06. The van der Waals surface area contributed by atoms with Crippen LogP contribution >= 0.6 is 0 Å². The molecule has 0 bridgehead atoms. The van der Waals surface area contributed by atoms with Gasteiger partial charge in [-0.2, -0.15) is 18.3 Å². The van der Waals surface area contributed by atoms with Crippen LogP contribution in [0.1, 0.15) is 5.69 Å². The highest BCUT2D eigenvalue weighted by atomic mass is 32.2. The van der Waals surface area contributed by atoms with Gasteiger partial charge in [-0.25, -0.2) is 4.68 Å². The molecule has 15 heavy (non-hydrogen) atoms. The molecule has 0 N–H and O–H groups in total. The second-order valence-corrected chi connectivity index (χ2v) is 4.12. The fourth-order valence-corrected chi connectivity index (χ4v) is 1.63. The van der Waals surface area contributed by atoms with E-state index in [4.69, 9.17) is 0 Å². The van der Waals surface area contributed by atoms with Gasteiger partial charge < -0.3 is 0 Å². The van der Waals surface area contributed by atoms with Crippen LogP contribution in [0.5, 0.6) is 0 Å². The lowest BCUT2D eigenvalue weighted by Crippen LogP contribution is -2.25. The molecule has 0 aliphatic heterocycles. The molecule has 1 heterocycles. The number of aryl methyl sites for hydroxylation is 1. The highest BCUT2D eigenvalue weighted by Gasteiger charge is 2.37. The van der Waals surface area contributed by atoms with Crippen LogP contribution in [0.2, 0.25) is 0 Å². The van der Waals surface area contributed by atoms with Crippen molar-refractivity contribution in [2.45, 2.75) is 11.1 Å². The topological polar surface area (TPSA) is 52.0 Å². The molecule has 1 aromatic heterocycles. The maximum absolute atomic E-state index is 12.4. The molecular formula is C7H7F3N2O2S. The lowest BCUT2D eigenvalue weighted by atomic mass is 10.4. The summed E-state index contributed by atoms with van der Waals surface area (Å²) in [7, 11) is -0.804. The van der Waals surface area contributed by atoms with Crippen LogP contribution < -0.4 is 5.56 Å². The highest BCUT2D eigenvalue weighted by molar-refractivity contribution is 7.84. The van der Waals surface area contributed by atoms with Crippen molar-refractivity contribution >= 4 is 10.8 Å². The SMILES string of the molecule is Cn1nc(C(F)(F)F)c(S(C)=O)cc1=O. The maximum Gasteiger partial charge on any atom is 0.436 e. The van der Waals surface area contributed by atoms with Crippen molar-refractivity contribution in [1.82, 2.24) is 9.78 Å². The third-order valence-electron chi connectivity index (χ3n) is 1.64. The van der Waals surface area contributed by atoms with Crippen LogP contribution in [0.3, 0.4) is 0 Å². The summed E-state index contributed by atoms with van der Waals surface area (Å²) in [6, 6.07) is 0.686. The monoisotopic (exact) mass is 240 g/mol. The third kappa shape index (κ3) is 2.44. The summed E-state index contributed by atoms with van der Waals surface area (Å²) in [4.78, 5) is 10.4. The zero-order valence-corrected chi connectivity index (χ0v) is 8.65. The molecule has 0 saturated carbocycles. The second-order valence-electron chi connectivity index (χ2n) is 2.77. The van der Waals surface area contributed by atoms with E-state index in [0.717, 1.165) is 13.3 Å². The molecule has 0 fully saturated rings. The van der Waals surface area contributed by atoms with E-state index in [1.807, 2.05) is 0 Å². The summed E-state index contributed by atoms with van der Waals surface area (Å²) >= 11 is 0. The van der Waals surface area contributed by atoms with Crippen molar-refractivity contribution in [3.05, 3.63) is 22.1 Å². The minimum Gasteiger partial charge on any atom is -0.268 e. The Hall–Kier alpha value is -1.18. The van der Waals surface area contributed by atoms with Gasteiger partial charge in [0.05, 0.1) is 15.7 Å². The Morgan fingerprint density at radius 2 is 2.00 bits per heavy atom. The Bertz CT molecular complexity index is 466. The van der Waals surface area contributed by atoms with Gasteiger partial charge in [-0.15, -0.1) is 0 Å². The quantitative estimate of drug-likeness (QED) is 0.719. The molecule has 0 aliphatic rings. The summed E-state index contributed by atoms with van der Waals surface area (Å²) in [6.07, 6.45) is -3.65. The fourth-order valence-electron chi connectivity index (χ4n) is 0.938. The van der Waals surface area contributed by atoms with Crippen LogP contribution in [-0.2, 0) is 24.0 Å². The van der Waals surface area contributed by atoms with Gasteiger partial charge in [-0.05, 0) is 0 Å². The van der Waals surface area contributed by atoms with Gasteiger partial charge in [0.25, 0.3) is 5.56 Å². The molecule has 0 aromatic carbocycles. The molecule has 1 unspecified atom stereocenters. The van der Waals surface area contributed by atoms with E-state index >= 15 is 0 Å². The van der Waals surface area contributed by atoms with Crippen molar-refractivity contribution in [3.8, 4) is 0 Å². The Kier molecular flexibility index (Phi) is 2.98. The molecule has 8 heteroatoms. The second kappa shape index (κ2) is 3.76. The molecular weight excluding hydrogens is 233 g/mol. The van der Waals surface area contributed by atoms with Crippen LogP contribution in [-0.4, -0.2) is 20.2 Å². The molecule has 84 valence electrons. The molecule has 0 aliphatic carbocycles. The van der Waals surface area contributed by atoms with Crippen LogP contribution in [0.4, 0.5) is 13.2 Å². The van der Waals surface area contributed by atoms with E-state index < -0.39 is 33.1 Å².